The average molecular weight is 313 g/mol. The third-order valence-electron chi connectivity index (χ3n) is 4.32. The molecule has 1 heterocycles. The molecule has 1 aliphatic heterocycles. The van der Waals surface area contributed by atoms with E-state index in [1.165, 1.54) is 0 Å². The number of carbonyl (C=O) groups is 1. The monoisotopic (exact) mass is 312 g/mol. The predicted octanol–water partition coefficient (Wildman–Crippen LogP) is 3.05. The summed E-state index contributed by atoms with van der Waals surface area (Å²) in [7, 11) is 0. The van der Waals surface area contributed by atoms with Gasteiger partial charge in [0.2, 0.25) is 5.91 Å². The highest BCUT2D eigenvalue weighted by atomic mass is 35.5. The molecular formula is C15H18Cl2N2O. The highest BCUT2D eigenvalue weighted by molar-refractivity contribution is 6.35. The van der Waals surface area contributed by atoms with E-state index >= 15 is 0 Å². The fourth-order valence-corrected chi connectivity index (χ4v) is 3.52. The Labute approximate surface area is 129 Å². The number of hydrogen-bond acceptors (Lipinski definition) is 2. The maximum Gasteiger partial charge on any atom is 0.226 e. The van der Waals surface area contributed by atoms with Crippen LogP contribution >= 0.6 is 23.2 Å². The van der Waals surface area contributed by atoms with Gasteiger partial charge in [-0.2, -0.15) is 0 Å². The van der Waals surface area contributed by atoms with Crippen molar-refractivity contribution in [3.63, 3.8) is 0 Å². The van der Waals surface area contributed by atoms with Crippen molar-refractivity contribution in [1.82, 2.24) is 4.90 Å². The molecule has 3 nitrogen and oxygen atoms in total. The fourth-order valence-electron chi connectivity index (χ4n) is 2.97. The van der Waals surface area contributed by atoms with Crippen molar-refractivity contribution in [2.75, 3.05) is 13.1 Å². The van der Waals surface area contributed by atoms with E-state index in [0.29, 0.717) is 10.0 Å². The number of carbonyl (C=O) groups excluding carboxylic acids is 1. The van der Waals surface area contributed by atoms with Crippen LogP contribution in [0, 0.1) is 5.92 Å². The number of benzene rings is 1. The third-order valence-corrected chi connectivity index (χ3v) is 4.88. The van der Waals surface area contributed by atoms with E-state index in [4.69, 9.17) is 28.9 Å². The minimum absolute atomic E-state index is 0.0861. The zero-order valence-electron chi connectivity index (χ0n) is 11.2. The summed E-state index contributed by atoms with van der Waals surface area (Å²) in [5.74, 6) is 0.596. The quantitative estimate of drug-likeness (QED) is 0.912. The standard InChI is InChI=1S/C15H18Cl2N2O/c16-9-1-2-11(14(17)7-9)12-8-13(12)15(20)19-5-3-10(18)4-6-19/h1-2,7,10,12-13H,3-6,8,18H2/t12-,13+/m0/s1. The zero-order valence-corrected chi connectivity index (χ0v) is 12.7. The number of nitrogens with two attached hydrogens (primary N) is 1. The molecule has 1 saturated carbocycles. The topological polar surface area (TPSA) is 46.3 Å². The van der Waals surface area contributed by atoms with Crippen molar-refractivity contribution in [3.05, 3.63) is 33.8 Å². The molecule has 1 aliphatic carbocycles. The lowest BCUT2D eigenvalue weighted by atomic mass is 10.0. The van der Waals surface area contributed by atoms with Crippen molar-refractivity contribution in [3.8, 4) is 0 Å². The third kappa shape index (κ3) is 2.80. The normalized spacial score (nSPS) is 26.6. The Morgan fingerprint density at radius 1 is 1.25 bits per heavy atom. The van der Waals surface area contributed by atoms with Gasteiger partial charge in [0.25, 0.3) is 0 Å². The van der Waals surface area contributed by atoms with Gasteiger partial charge in [0.15, 0.2) is 0 Å². The smallest absolute Gasteiger partial charge is 0.226 e. The molecule has 108 valence electrons. The number of amides is 1. The van der Waals surface area contributed by atoms with Crippen molar-refractivity contribution in [1.29, 1.82) is 0 Å². The average Bonchev–Trinajstić information content (AvgIpc) is 3.19. The Bertz CT molecular complexity index is 527. The predicted molar refractivity (Wildman–Crippen MR) is 81.1 cm³/mol. The van der Waals surface area contributed by atoms with E-state index in [1.807, 2.05) is 17.0 Å². The maximum atomic E-state index is 12.4. The molecule has 1 aromatic carbocycles. The van der Waals surface area contributed by atoms with Crippen molar-refractivity contribution in [2.24, 2.45) is 11.7 Å². The molecule has 0 bridgehead atoms. The van der Waals surface area contributed by atoms with E-state index in [0.717, 1.165) is 37.9 Å². The lowest BCUT2D eigenvalue weighted by molar-refractivity contribution is -0.133. The molecule has 5 heteroatoms. The second-order valence-electron chi connectivity index (χ2n) is 5.78. The SMILES string of the molecule is NC1CCN(C(=O)[C@@H]2C[C@H]2c2ccc(Cl)cc2Cl)CC1. The fraction of sp³-hybridized carbons (Fsp3) is 0.533. The lowest BCUT2D eigenvalue weighted by Crippen LogP contribution is -2.43. The van der Waals surface area contributed by atoms with Crippen LogP contribution in [-0.2, 0) is 4.79 Å². The van der Waals surface area contributed by atoms with E-state index in [1.54, 1.807) is 6.07 Å². The van der Waals surface area contributed by atoms with Gasteiger partial charge in [-0.3, -0.25) is 4.79 Å². The molecule has 0 unspecified atom stereocenters. The summed E-state index contributed by atoms with van der Waals surface area (Å²) in [5, 5.41) is 1.30. The van der Waals surface area contributed by atoms with Crippen LogP contribution in [-0.4, -0.2) is 29.9 Å². The second kappa shape index (κ2) is 5.55. The highest BCUT2D eigenvalue weighted by Gasteiger charge is 2.46. The first-order valence-electron chi connectivity index (χ1n) is 7.05. The van der Waals surface area contributed by atoms with Gasteiger partial charge in [-0.25, -0.2) is 0 Å². The minimum Gasteiger partial charge on any atom is -0.342 e. The first kappa shape index (κ1) is 14.2. The van der Waals surface area contributed by atoms with Crippen LogP contribution in [0.25, 0.3) is 0 Å². The molecule has 1 saturated heterocycles. The lowest BCUT2D eigenvalue weighted by Gasteiger charge is -2.30. The van der Waals surface area contributed by atoms with Crippen LogP contribution < -0.4 is 5.73 Å². The summed E-state index contributed by atoms with van der Waals surface area (Å²) in [4.78, 5) is 14.4. The first-order chi connectivity index (χ1) is 9.56. The summed E-state index contributed by atoms with van der Waals surface area (Å²) in [6, 6.07) is 5.77. The van der Waals surface area contributed by atoms with E-state index < -0.39 is 0 Å². The van der Waals surface area contributed by atoms with Gasteiger partial charge in [0, 0.05) is 35.1 Å². The summed E-state index contributed by atoms with van der Waals surface area (Å²) in [5.41, 5.74) is 6.92. The zero-order chi connectivity index (χ0) is 14.3. The Balaban J connectivity index is 1.65. The molecular weight excluding hydrogens is 295 g/mol. The number of nitrogens with zero attached hydrogens (tertiary/aromatic N) is 1. The van der Waals surface area contributed by atoms with Gasteiger partial charge in [-0.05, 0) is 42.9 Å². The molecule has 0 aromatic heterocycles. The van der Waals surface area contributed by atoms with E-state index in [-0.39, 0.29) is 23.8 Å². The van der Waals surface area contributed by atoms with Gasteiger partial charge in [0.05, 0.1) is 0 Å². The summed E-state index contributed by atoms with van der Waals surface area (Å²) < 4.78 is 0. The molecule has 2 N–H and O–H groups in total. The molecule has 1 amide bonds. The molecule has 0 radical (unpaired) electrons. The summed E-state index contributed by atoms with van der Waals surface area (Å²) >= 11 is 12.1. The number of halogens is 2. The van der Waals surface area contributed by atoms with E-state index in [9.17, 15) is 4.79 Å². The Morgan fingerprint density at radius 2 is 1.95 bits per heavy atom. The van der Waals surface area contributed by atoms with Gasteiger partial charge < -0.3 is 10.6 Å². The van der Waals surface area contributed by atoms with Crippen LogP contribution in [0.4, 0.5) is 0 Å². The van der Waals surface area contributed by atoms with Gasteiger partial charge in [0.1, 0.15) is 0 Å². The van der Waals surface area contributed by atoms with Gasteiger partial charge in [-0.15, -0.1) is 0 Å². The van der Waals surface area contributed by atoms with Crippen molar-refractivity contribution >= 4 is 29.1 Å². The molecule has 3 rings (SSSR count). The number of hydrogen-bond donors (Lipinski definition) is 1. The number of rotatable bonds is 2. The molecule has 2 atom stereocenters. The number of piperidine rings is 1. The minimum atomic E-state index is 0.0861. The molecule has 2 aliphatic rings. The van der Waals surface area contributed by atoms with Gasteiger partial charge in [-0.1, -0.05) is 29.3 Å². The Morgan fingerprint density at radius 3 is 2.60 bits per heavy atom. The van der Waals surface area contributed by atoms with Crippen LogP contribution in [0.5, 0.6) is 0 Å². The molecule has 2 fully saturated rings. The first-order valence-corrected chi connectivity index (χ1v) is 7.81. The maximum absolute atomic E-state index is 12.4. The number of likely N-dealkylation sites (tertiary alicyclic amines) is 1. The van der Waals surface area contributed by atoms with Crippen LogP contribution in [0.2, 0.25) is 10.0 Å². The summed E-state index contributed by atoms with van der Waals surface area (Å²) in [6.07, 6.45) is 2.71. The van der Waals surface area contributed by atoms with Crippen molar-refractivity contribution in [2.45, 2.75) is 31.2 Å². The van der Waals surface area contributed by atoms with Crippen LogP contribution in [0.1, 0.15) is 30.7 Å². The Hall–Kier alpha value is -0.770. The second-order valence-corrected chi connectivity index (χ2v) is 6.62. The van der Waals surface area contributed by atoms with Crippen molar-refractivity contribution < 1.29 is 4.79 Å². The molecule has 20 heavy (non-hydrogen) atoms. The van der Waals surface area contributed by atoms with Gasteiger partial charge >= 0.3 is 0 Å². The molecule has 1 aromatic rings. The summed E-state index contributed by atoms with van der Waals surface area (Å²) in [6.45, 7) is 1.58. The van der Waals surface area contributed by atoms with Crippen LogP contribution in [0.15, 0.2) is 18.2 Å². The van der Waals surface area contributed by atoms with E-state index in [2.05, 4.69) is 0 Å². The Kier molecular flexibility index (Phi) is 3.93. The highest BCUT2D eigenvalue weighted by Crippen LogP contribution is 2.50. The van der Waals surface area contributed by atoms with Crippen LogP contribution in [0.3, 0.4) is 0 Å². The largest absolute Gasteiger partial charge is 0.342 e. The molecule has 0 spiro atoms.